The second-order valence-electron chi connectivity index (χ2n) is 5.02. The van der Waals surface area contributed by atoms with Crippen molar-refractivity contribution in [1.82, 2.24) is 19.5 Å². The number of rotatable bonds is 4. The molecule has 102 valence electrons. The Morgan fingerprint density at radius 3 is 2.89 bits per heavy atom. The molecule has 1 aliphatic carbocycles. The summed E-state index contributed by atoms with van der Waals surface area (Å²) in [4.78, 5) is 12.1. The van der Waals surface area contributed by atoms with Crippen LogP contribution in [0, 0.1) is 11.3 Å². The van der Waals surface area contributed by atoms with Crippen LogP contribution in [0.2, 0.25) is 5.15 Å². The van der Waals surface area contributed by atoms with E-state index in [1.807, 2.05) is 0 Å². The molecule has 0 spiro atoms. The maximum Gasteiger partial charge on any atom is 0.223 e. The Kier molecular flexibility index (Phi) is 2.84. The van der Waals surface area contributed by atoms with Crippen LogP contribution in [0.1, 0.15) is 6.42 Å². The summed E-state index contributed by atoms with van der Waals surface area (Å²) in [6, 6.07) is 0. The van der Waals surface area contributed by atoms with E-state index < -0.39 is 0 Å². The van der Waals surface area contributed by atoms with Crippen molar-refractivity contribution < 1.29 is 10.2 Å². The van der Waals surface area contributed by atoms with Crippen molar-refractivity contribution in [2.24, 2.45) is 11.3 Å². The summed E-state index contributed by atoms with van der Waals surface area (Å²) in [5, 5.41) is 18.9. The van der Waals surface area contributed by atoms with Gasteiger partial charge in [-0.25, -0.2) is 4.98 Å². The van der Waals surface area contributed by atoms with Gasteiger partial charge in [0.15, 0.2) is 10.8 Å². The molecule has 0 aliphatic heterocycles. The van der Waals surface area contributed by atoms with Crippen molar-refractivity contribution in [1.29, 1.82) is 0 Å². The van der Waals surface area contributed by atoms with Crippen LogP contribution in [0.25, 0.3) is 11.2 Å². The van der Waals surface area contributed by atoms with Crippen molar-refractivity contribution in [2.75, 3.05) is 18.9 Å². The molecule has 4 N–H and O–H groups in total. The minimum absolute atomic E-state index is 0.0200. The highest BCUT2D eigenvalue weighted by Gasteiger charge is 2.53. The van der Waals surface area contributed by atoms with Crippen LogP contribution < -0.4 is 5.73 Å². The van der Waals surface area contributed by atoms with E-state index >= 15 is 0 Å². The van der Waals surface area contributed by atoms with Gasteiger partial charge < -0.3 is 20.5 Å². The molecule has 3 rings (SSSR count). The van der Waals surface area contributed by atoms with Gasteiger partial charge in [-0.1, -0.05) is 11.6 Å². The van der Waals surface area contributed by atoms with Crippen LogP contribution in [0.15, 0.2) is 6.33 Å². The Morgan fingerprint density at radius 2 is 2.26 bits per heavy atom. The minimum Gasteiger partial charge on any atom is -0.396 e. The zero-order valence-corrected chi connectivity index (χ0v) is 10.9. The molecule has 0 saturated heterocycles. The summed E-state index contributed by atoms with van der Waals surface area (Å²) in [6.45, 7) is 0.620. The zero-order valence-electron chi connectivity index (χ0n) is 10.1. The second kappa shape index (κ2) is 4.29. The molecule has 0 aromatic carbocycles. The Bertz CT molecular complexity index is 631. The molecule has 0 bridgehead atoms. The number of nitrogen functional groups attached to an aromatic ring is 1. The van der Waals surface area contributed by atoms with Gasteiger partial charge in [-0.05, 0) is 12.3 Å². The molecule has 2 heterocycles. The van der Waals surface area contributed by atoms with E-state index in [0.717, 1.165) is 6.42 Å². The standard InChI is InChI=1S/C11H14ClN5O2/c12-8-7-9(16-10(13)15-8)17(5-14-7)3-11(4-19)1-6(11)2-18/h5-6,18-19H,1-4H2,(H2,13,15,16)/t6-,11+/m1/s1. The number of nitrogens with zero attached hydrogens (tertiary/aromatic N) is 4. The maximum absolute atomic E-state index is 9.51. The average molecular weight is 284 g/mol. The fourth-order valence-corrected chi connectivity index (χ4v) is 2.73. The number of aliphatic hydroxyl groups excluding tert-OH is 2. The molecule has 0 unspecified atom stereocenters. The lowest BCUT2D eigenvalue weighted by Crippen LogP contribution is -2.19. The van der Waals surface area contributed by atoms with Gasteiger partial charge in [-0.2, -0.15) is 9.97 Å². The highest BCUT2D eigenvalue weighted by atomic mass is 35.5. The van der Waals surface area contributed by atoms with Gasteiger partial charge in [0.2, 0.25) is 5.95 Å². The molecule has 7 nitrogen and oxygen atoms in total. The molecular weight excluding hydrogens is 270 g/mol. The highest BCUT2D eigenvalue weighted by molar-refractivity contribution is 6.33. The molecular formula is C11H14ClN5O2. The predicted molar refractivity (Wildman–Crippen MR) is 69.5 cm³/mol. The first-order valence-electron chi connectivity index (χ1n) is 5.95. The van der Waals surface area contributed by atoms with E-state index in [1.165, 1.54) is 0 Å². The minimum atomic E-state index is -0.297. The molecule has 1 saturated carbocycles. The van der Waals surface area contributed by atoms with Crippen LogP contribution in [-0.2, 0) is 6.54 Å². The van der Waals surface area contributed by atoms with Crippen LogP contribution in [0.3, 0.4) is 0 Å². The lowest BCUT2D eigenvalue weighted by molar-refractivity contribution is 0.159. The number of anilines is 1. The summed E-state index contributed by atoms with van der Waals surface area (Å²) in [7, 11) is 0. The number of aliphatic hydroxyl groups is 2. The van der Waals surface area contributed by atoms with E-state index in [1.54, 1.807) is 10.9 Å². The van der Waals surface area contributed by atoms with Crippen LogP contribution in [-0.4, -0.2) is 42.9 Å². The third-order valence-electron chi connectivity index (χ3n) is 3.82. The third-order valence-corrected chi connectivity index (χ3v) is 4.08. The number of fused-ring (bicyclic) bond motifs is 1. The maximum atomic E-state index is 9.51. The van der Waals surface area contributed by atoms with Crippen molar-refractivity contribution in [3.05, 3.63) is 11.5 Å². The first-order valence-corrected chi connectivity index (χ1v) is 6.33. The first-order chi connectivity index (χ1) is 9.09. The molecule has 1 fully saturated rings. The summed E-state index contributed by atoms with van der Waals surface area (Å²) < 4.78 is 1.80. The number of hydrogen-bond donors (Lipinski definition) is 3. The number of aromatic nitrogens is 4. The Morgan fingerprint density at radius 1 is 1.47 bits per heavy atom. The van der Waals surface area contributed by atoms with Gasteiger partial charge in [0.05, 0.1) is 12.9 Å². The van der Waals surface area contributed by atoms with Crippen molar-refractivity contribution >= 4 is 28.7 Å². The highest BCUT2D eigenvalue weighted by Crippen LogP contribution is 2.53. The molecule has 0 radical (unpaired) electrons. The largest absolute Gasteiger partial charge is 0.396 e. The SMILES string of the molecule is Nc1nc(Cl)c2ncn(C[C@]3(CO)C[C@@H]3CO)c2n1. The zero-order chi connectivity index (χ0) is 13.6. The van der Waals surface area contributed by atoms with Gasteiger partial charge in [0, 0.05) is 18.6 Å². The molecule has 1 aliphatic rings. The predicted octanol–water partition coefficient (Wildman–Crippen LogP) is 0.0528. The lowest BCUT2D eigenvalue weighted by atomic mass is 10.1. The number of halogens is 1. The molecule has 2 aromatic rings. The fourth-order valence-electron chi connectivity index (χ4n) is 2.51. The number of imidazole rings is 1. The summed E-state index contributed by atoms with van der Waals surface area (Å²) >= 11 is 5.96. The first kappa shape index (κ1) is 12.6. The van der Waals surface area contributed by atoms with Crippen LogP contribution in [0.4, 0.5) is 5.95 Å². The third kappa shape index (κ3) is 1.94. The molecule has 0 amide bonds. The molecule has 2 atom stereocenters. The van der Waals surface area contributed by atoms with E-state index in [-0.39, 0.29) is 35.6 Å². The lowest BCUT2D eigenvalue weighted by Gasteiger charge is -2.14. The Hall–Kier alpha value is -1.44. The monoisotopic (exact) mass is 283 g/mol. The summed E-state index contributed by atoms with van der Waals surface area (Å²) in [6.07, 6.45) is 2.39. The second-order valence-corrected chi connectivity index (χ2v) is 5.38. The fraction of sp³-hybridized carbons (Fsp3) is 0.545. The van der Waals surface area contributed by atoms with E-state index in [2.05, 4.69) is 15.0 Å². The van der Waals surface area contributed by atoms with Crippen LogP contribution in [0.5, 0.6) is 0 Å². The van der Waals surface area contributed by atoms with Crippen molar-refractivity contribution in [3.8, 4) is 0 Å². The molecule has 8 heteroatoms. The van der Waals surface area contributed by atoms with E-state index in [9.17, 15) is 10.2 Å². The Balaban J connectivity index is 1.98. The van der Waals surface area contributed by atoms with Gasteiger partial charge in [0.25, 0.3) is 0 Å². The van der Waals surface area contributed by atoms with Crippen LogP contribution >= 0.6 is 11.6 Å². The summed E-state index contributed by atoms with van der Waals surface area (Å²) in [5.74, 6) is 0.205. The van der Waals surface area contributed by atoms with Crippen molar-refractivity contribution in [3.63, 3.8) is 0 Å². The average Bonchev–Trinajstić information content (AvgIpc) is 2.95. The van der Waals surface area contributed by atoms with Gasteiger partial charge >= 0.3 is 0 Å². The quantitative estimate of drug-likeness (QED) is 0.684. The Labute approximate surface area is 114 Å². The van der Waals surface area contributed by atoms with Crippen molar-refractivity contribution in [2.45, 2.75) is 13.0 Å². The normalized spacial score (nSPS) is 25.9. The van der Waals surface area contributed by atoms with Gasteiger partial charge in [-0.3, -0.25) is 0 Å². The topological polar surface area (TPSA) is 110 Å². The summed E-state index contributed by atoms with van der Waals surface area (Å²) in [5.41, 5.74) is 6.32. The van der Waals surface area contributed by atoms with Gasteiger partial charge in [0.1, 0.15) is 5.52 Å². The smallest absolute Gasteiger partial charge is 0.223 e. The number of hydrogen-bond acceptors (Lipinski definition) is 6. The number of nitrogens with two attached hydrogens (primary N) is 1. The van der Waals surface area contributed by atoms with E-state index in [4.69, 9.17) is 17.3 Å². The molecule has 2 aromatic heterocycles. The van der Waals surface area contributed by atoms with Gasteiger partial charge in [-0.15, -0.1) is 0 Å². The van der Waals surface area contributed by atoms with E-state index in [0.29, 0.717) is 17.7 Å². The molecule has 19 heavy (non-hydrogen) atoms.